The Morgan fingerprint density at radius 2 is 2.08 bits per heavy atom. The van der Waals surface area contributed by atoms with Gasteiger partial charge in [0.15, 0.2) is 0 Å². The maximum Gasteiger partial charge on any atom is 0.321 e. The lowest BCUT2D eigenvalue weighted by Gasteiger charge is -2.28. The molecule has 0 aliphatic rings. The van der Waals surface area contributed by atoms with Crippen LogP contribution in [0.2, 0.25) is 0 Å². The van der Waals surface area contributed by atoms with Gasteiger partial charge in [0.25, 0.3) is 0 Å². The van der Waals surface area contributed by atoms with Crippen LogP contribution < -0.4 is 11.5 Å². The van der Waals surface area contributed by atoms with E-state index in [0.717, 1.165) is 12.8 Å². The Morgan fingerprint density at radius 3 is 2.42 bits per heavy atom. The lowest BCUT2D eigenvalue weighted by molar-refractivity contribution is -0.141. The maximum atomic E-state index is 10.6. The largest absolute Gasteiger partial charge is 0.480 e. The first-order valence-electron chi connectivity index (χ1n) is 4.10. The van der Waals surface area contributed by atoms with Gasteiger partial charge in [0.1, 0.15) is 6.04 Å². The molecule has 0 rings (SSSR count). The number of carboxylic acid groups (broad SMARTS) is 1. The second kappa shape index (κ2) is 4.42. The number of carbonyl (C=O) groups is 1. The molecule has 1 unspecified atom stereocenters. The Balaban J connectivity index is 4.08. The average Bonchev–Trinajstić information content (AvgIpc) is 1.99. The van der Waals surface area contributed by atoms with E-state index < -0.39 is 12.0 Å². The first kappa shape index (κ1) is 11.4. The van der Waals surface area contributed by atoms with E-state index in [1.807, 2.05) is 13.8 Å². The highest BCUT2D eigenvalue weighted by atomic mass is 16.4. The monoisotopic (exact) mass is 174 g/mol. The van der Waals surface area contributed by atoms with Crippen molar-refractivity contribution in [3.05, 3.63) is 0 Å². The normalized spacial score (nSPS) is 14.3. The van der Waals surface area contributed by atoms with E-state index in [9.17, 15) is 4.79 Å². The molecule has 0 fully saturated rings. The van der Waals surface area contributed by atoms with Crippen molar-refractivity contribution < 1.29 is 9.90 Å². The van der Waals surface area contributed by atoms with Crippen molar-refractivity contribution in [1.82, 2.24) is 0 Å². The molecular formula is C8H18N2O2. The number of nitrogens with two attached hydrogens (primary N) is 2. The van der Waals surface area contributed by atoms with Gasteiger partial charge in [-0.2, -0.15) is 0 Å². The van der Waals surface area contributed by atoms with Crippen LogP contribution in [0.15, 0.2) is 0 Å². The second-order valence-corrected chi connectivity index (χ2v) is 3.70. The number of rotatable bonds is 5. The van der Waals surface area contributed by atoms with Crippen molar-refractivity contribution in [2.75, 3.05) is 6.54 Å². The van der Waals surface area contributed by atoms with Gasteiger partial charge in [-0.25, -0.2) is 0 Å². The van der Waals surface area contributed by atoms with Crippen LogP contribution in [0.3, 0.4) is 0 Å². The summed E-state index contributed by atoms with van der Waals surface area (Å²) in [5.74, 6) is -0.947. The van der Waals surface area contributed by atoms with Crippen LogP contribution in [-0.2, 0) is 4.79 Å². The minimum Gasteiger partial charge on any atom is -0.480 e. The van der Waals surface area contributed by atoms with E-state index in [1.54, 1.807) is 0 Å². The summed E-state index contributed by atoms with van der Waals surface area (Å²) in [6.07, 6.45) is 1.56. The molecule has 12 heavy (non-hydrogen) atoms. The minimum absolute atomic E-state index is 0.370. The van der Waals surface area contributed by atoms with Gasteiger partial charge < -0.3 is 16.6 Å². The summed E-state index contributed by atoms with van der Waals surface area (Å²) in [5.41, 5.74) is 10.4. The van der Waals surface area contributed by atoms with Gasteiger partial charge in [0.2, 0.25) is 0 Å². The SMILES string of the molecule is CC(C)(CCCN)C(N)C(=O)O. The lowest BCUT2D eigenvalue weighted by atomic mass is 9.80. The van der Waals surface area contributed by atoms with Crippen molar-refractivity contribution in [2.45, 2.75) is 32.7 Å². The molecule has 0 spiro atoms. The summed E-state index contributed by atoms with van der Waals surface area (Å²) in [7, 11) is 0. The van der Waals surface area contributed by atoms with Crippen LogP contribution >= 0.6 is 0 Å². The van der Waals surface area contributed by atoms with Crippen LogP contribution in [0, 0.1) is 5.41 Å². The summed E-state index contributed by atoms with van der Waals surface area (Å²) in [6.45, 7) is 4.28. The lowest BCUT2D eigenvalue weighted by Crippen LogP contribution is -2.44. The average molecular weight is 174 g/mol. The van der Waals surface area contributed by atoms with E-state index in [0.29, 0.717) is 6.54 Å². The molecular weight excluding hydrogens is 156 g/mol. The number of carboxylic acids is 1. The zero-order chi connectivity index (χ0) is 9.78. The molecule has 0 bridgehead atoms. The first-order valence-corrected chi connectivity index (χ1v) is 4.10. The van der Waals surface area contributed by atoms with Crippen LogP contribution in [0.1, 0.15) is 26.7 Å². The van der Waals surface area contributed by atoms with Crippen molar-refractivity contribution >= 4 is 5.97 Å². The fourth-order valence-electron chi connectivity index (χ4n) is 1.05. The van der Waals surface area contributed by atoms with Crippen molar-refractivity contribution in [3.63, 3.8) is 0 Å². The van der Waals surface area contributed by atoms with Crippen LogP contribution in [0.25, 0.3) is 0 Å². The van der Waals surface area contributed by atoms with Gasteiger partial charge >= 0.3 is 5.97 Å². The van der Waals surface area contributed by atoms with Crippen LogP contribution in [0.4, 0.5) is 0 Å². The molecule has 72 valence electrons. The molecule has 0 aromatic heterocycles. The summed E-state index contributed by atoms with van der Waals surface area (Å²) in [5, 5.41) is 8.66. The third kappa shape index (κ3) is 3.19. The smallest absolute Gasteiger partial charge is 0.321 e. The highest BCUT2D eigenvalue weighted by Gasteiger charge is 2.30. The molecule has 0 saturated heterocycles. The topological polar surface area (TPSA) is 89.3 Å². The first-order chi connectivity index (χ1) is 5.41. The fourth-order valence-corrected chi connectivity index (χ4v) is 1.05. The Bertz CT molecular complexity index is 157. The fraction of sp³-hybridized carbons (Fsp3) is 0.875. The van der Waals surface area contributed by atoms with Crippen molar-refractivity contribution in [3.8, 4) is 0 Å². The molecule has 0 heterocycles. The number of hydrogen-bond acceptors (Lipinski definition) is 3. The predicted molar refractivity (Wildman–Crippen MR) is 47.7 cm³/mol. The molecule has 0 aliphatic carbocycles. The molecule has 0 amide bonds. The molecule has 0 radical (unpaired) electrons. The van der Waals surface area contributed by atoms with Crippen LogP contribution in [0.5, 0.6) is 0 Å². The minimum atomic E-state index is -0.947. The molecule has 0 aromatic rings. The van der Waals surface area contributed by atoms with Gasteiger partial charge in [0.05, 0.1) is 0 Å². The molecule has 1 atom stereocenters. The number of hydrogen-bond donors (Lipinski definition) is 3. The quantitative estimate of drug-likeness (QED) is 0.554. The summed E-state index contributed by atoms with van der Waals surface area (Å²) >= 11 is 0. The zero-order valence-electron chi connectivity index (χ0n) is 7.71. The Labute approximate surface area is 72.9 Å². The Morgan fingerprint density at radius 1 is 1.58 bits per heavy atom. The Hall–Kier alpha value is -0.610. The molecule has 0 aromatic carbocycles. The summed E-state index contributed by atoms with van der Waals surface area (Å²) in [4.78, 5) is 10.6. The van der Waals surface area contributed by atoms with Crippen molar-refractivity contribution in [2.24, 2.45) is 16.9 Å². The third-order valence-electron chi connectivity index (χ3n) is 2.13. The van der Waals surface area contributed by atoms with Gasteiger partial charge in [-0.1, -0.05) is 13.8 Å². The van der Waals surface area contributed by atoms with E-state index in [-0.39, 0.29) is 5.41 Å². The third-order valence-corrected chi connectivity index (χ3v) is 2.13. The van der Waals surface area contributed by atoms with Gasteiger partial charge in [0, 0.05) is 0 Å². The van der Waals surface area contributed by atoms with E-state index in [1.165, 1.54) is 0 Å². The molecule has 4 nitrogen and oxygen atoms in total. The highest BCUT2D eigenvalue weighted by molar-refractivity contribution is 5.74. The summed E-state index contributed by atoms with van der Waals surface area (Å²) in [6, 6.07) is -0.802. The summed E-state index contributed by atoms with van der Waals surface area (Å²) < 4.78 is 0. The standard InChI is InChI=1S/C8H18N2O2/c1-8(2,4-3-5-9)6(10)7(11)12/h6H,3-5,9-10H2,1-2H3,(H,11,12). The number of aliphatic carboxylic acids is 1. The van der Waals surface area contributed by atoms with Crippen molar-refractivity contribution in [1.29, 1.82) is 0 Å². The molecule has 0 aliphatic heterocycles. The van der Waals surface area contributed by atoms with E-state index >= 15 is 0 Å². The maximum absolute atomic E-state index is 10.6. The van der Waals surface area contributed by atoms with Gasteiger partial charge in [-0.3, -0.25) is 4.79 Å². The van der Waals surface area contributed by atoms with Gasteiger partial charge in [-0.15, -0.1) is 0 Å². The second-order valence-electron chi connectivity index (χ2n) is 3.70. The highest BCUT2D eigenvalue weighted by Crippen LogP contribution is 2.25. The molecule has 0 saturated carbocycles. The predicted octanol–water partition coefficient (Wildman–Crippen LogP) is 0.163. The molecule has 4 heteroatoms. The van der Waals surface area contributed by atoms with E-state index in [2.05, 4.69) is 0 Å². The van der Waals surface area contributed by atoms with Crippen LogP contribution in [-0.4, -0.2) is 23.7 Å². The Kier molecular flexibility index (Phi) is 4.20. The zero-order valence-corrected chi connectivity index (χ0v) is 7.71. The van der Waals surface area contributed by atoms with Gasteiger partial charge in [-0.05, 0) is 24.8 Å². The molecule has 5 N–H and O–H groups in total. The van der Waals surface area contributed by atoms with E-state index in [4.69, 9.17) is 16.6 Å².